The second-order valence-electron chi connectivity index (χ2n) is 4.28. The van der Waals surface area contributed by atoms with Crippen molar-refractivity contribution in [1.29, 1.82) is 0 Å². The van der Waals surface area contributed by atoms with E-state index in [2.05, 4.69) is 10.1 Å². The lowest BCUT2D eigenvalue weighted by Gasteiger charge is -2.24. The van der Waals surface area contributed by atoms with Crippen LogP contribution in [0.3, 0.4) is 0 Å². The van der Waals surface area contributed by atoms with Gasteiger partial charge < -0.3 is 15.0 Å². The lowest BCUT2D eigenvalue weighted by Crippen LogP contribution is -2.41. The predicted molar refractivity (Wildman–Crippen MR) is 74.1 cm³/mol. The van der Waals surface area contributed by atoms with Crippen molar-refractivity contribution < 1.29 is 18.3 Å². The summed E-state index contributed by atoms with van der Waals surface area (Å²) in [7, 11) is 0. The van der Waals surface area contributed by atoms with Gasteiger partial charge in [-0.3, -0.25) is 4.79 Å². The van der Waals surface area contributed by atoms with Crippen molar-refractivity contribution in [3.63, 3.8) is 0 Å². The zero-order valence-electron chi connectivity index (χ0n) is 11.9. The Hall–Kier alpha value is -1.85. The normalized spacial score (nSPS) is 12.1. The van der Waals surface area contributed by atoms with E-state index >= 15 is 0 Å². The first-order chi connectivity index (χ1) is 9.47. The maximum absolute atomic E-state index is 12.1. The number of rotatable bonds is 7. The summed E-state index contributed by atoms with van der Waals surface area (Å²) in [6, 6.07) is 5.69. The Morgan fingerprint density at radius 1 is 1.25 bits per heavy atom. The number of ether oxygens (including phenoxy) is 1. The number of nitrogens with zero attached hydrogens (tertiary/aromatic N) is 1. The van der Waals surface area contributed by atoms with Crippen LogP contribution in [0.1, 0.15) is 20.8 Å². The molecule has 0 aromatic heterocycles. The molecule has 0 spiro atoms. The molecule has 0 aliphatic heterocycles. The molecule has 1 aromatic carbocycles. The summed E-state index contributed by atoms with van der Waals surface area (Å²) in [5.41, 5.74) is 0.680. The first kappa shape index (κ1) is 16.2. The van der Waals surface area contributed by atoms with Crippen molar-refractivity contribution in [2.75, 3.05) is 18.4 Å². The molecule has 1 unspecified atom stereocenters. The molecule has 4 nitrogen and oxygen atoms in total. The number of halogens is 2. The predicted octanol–water partition coefficient (Wildman–Crippen LogP) is 2.96. The minimum absolute atomic E-state index is 0.00269. The molecule has 0 heterocycles. The summed E-state index contributed by atoms with van der Waals surface area (Å²) in [5, 5.41) is 3.04. The Kier molecular flexibility index (Phi) is 6.21. The summed E-state index contributed by atoms with van der Waals surface area (Å²) >= 11 is 0. The first-order valence-corrected chi connectivity index (χ1v) is 6.58. The summed E-state index contributed by atoms with van der Waals surface area (Å²) in [6.45, 7) is 4.08. The lowest BCUT2D eigenvalue weighted by molar-refractivity contribution is -0.131. The van der Waals surface area contributed by atoms with E-state index in [0.29, 0.717) is 18.8 Å². The average Bonchev–Trinajstić information content (AvgIpc) is 2.41. The highest BCUT2D eigenvalue weighted by Gasteiger charge is 2.17. The second kappa shape index (κ2) is 7.67. The third kappa shape index (κ3) is 4.68. The molecule has 1 rings (SSSR count). The number of carbonyl (C=O) groups excluding carboxylic acids is 1. The van der Waals surface area contributed by atoms with Crippen LogP contribution < -0.4 is 10.1 Å². The number of benzene rings is 1. The maximum Gasteiger partial charge on any atom is 0.387 e. The zero-order chi connectivity index (χ0) is 15.1. The number of nitrogens with one attached hydrogen (secondary N) is 1. The number of amides is 1. The van der Waals surface area contributed by atoms with Gasteiger partial charge in [0.2, 0.25) is 5.91 Å². The highest BCUT2D eigenvalue weighted by atomic mass is 19.3. The largest absolute Gasteiger partial charge is 0.435 e. The van der Waals surface area contributed by atoms with E-state index < -0.39 is 6.61 Å². The van der Waals surface area contributed by atoms with Crippen LogP contribution in [-0.2, 0) is 4.79 Å². The van der Waals surface area contributed by atoms with E-state index in [-0.39, 0.29) is 17.7 Å². The highest BCUT2D eigenvalue weighted by Crippen LogP contribution is 2.18. The van der Waals surface area contributed by atoms with Gasteiger partial charge in [-0.05, 0) is 45.0 Å². The molecule has 0 aliphatic rings. The Morgan fingerprint density at radius 3 is 2.25 bits per heavy atom. The van der Waals surface area contributed by atoms with Gasteiger partial charge in [-0.1, -0.05) is 0 Å². The van der Waals surface area contributed by atoms with E-state index in [0.717, 1.165) is 0 Å². The summed E-state index contributed by atoms with van der Waals surface area (Å²) in [6.07, 6.45) is 0. The lowest BCUT2D eigenvalue weighted by atomic mass is 10.2. The van der Waals surface area contributed by atoms with E-state index in [1.54, 1.807) is 24.0 Å². The van der Waals surface area contributed by atoms with Crippen LogP contribution in [0.25, 0.3) is 0 Å². The van der Waals surface area contributed by atoms with Gasteiger partial charge in [0.15, 0.2) is 0 Å². The van der Waals surface area contributed by atoms with Gasteiger partial charge in [-0.15, -0.1) is 0 Å². The summed E-state index contributed by atoms with van der Waals surface area (Å²) < 4.78 is 28.3. The number of hydrogen-bond acceptors (Lipinski definition) is 3. The second-order valence-corrected chi connectivity index (χ2v) is 4.28. The van der Waals surface area contributed by atoms with E-state index in [1.165, 1.54) is 12.1 Å². The number of alkyl halides is 2. The average molecular weight is 286 g/mol. The molecule has 1 amide bonds. The van der Waals surface area contributed by atoms with Crippen LogP contribution in [0.15, 0.2) is 24.3 Å². The van der Waals surface area contributed by atoms with Crippen molar-refractivity contribution in [3.05, 3.63) is 24.3 Å². The van der Waals surface area contributed by atoms with Gasteiger partial charge in [0.25, 0.3) is 0 Å². The van der Waals surface area contributed by atoms with Gasteiger partial charge in [0.05, 0.1) is 0 Å². The number of anilines is 1. The van der Waals surface area contributed by atoms with Crippen LogP contribution in [0.2, 0.25) is 0 Å². The van der Waals surface area contributed by atoms with Gasteiger partial charge in [-0.2, -0.15) is 8.78 Å². The van der Waals surface area contributed by atoms with E-state index in [1.807, 2.05) is 13.8 Å². The molecule has 0 saturated carbocycles. The molecule has 1 N–H and O–H groups in total. The zero-order valence-corrected chi connectivity index (χ0v) is 11.9. The highest BCUT2D eigenvalue weighted by molar-refractivity contribution is 5.84. The van der Waals surface area contributed by atoms with Gasteiger partial charge in [-0.25, -0.2) is 0 Å². The molecule has 1 atom stereocenters. The van der Waals surface area contributed by atoms with Crippen LogP contribution in [-0.4, -0.2) is 36.5 Å². The number of hydrogen-bond donors (Lipinski definition) is 1. The van der Waals surface area contributed by atoms with Crippen molar-refractivity contribution in [1.82, 2.24) is 4.90 Å². The monoisotopic (exact) mass is 286 g/mol. The molecule has 0 fully saturated rings. The summed E-state index contributed by atoms with van der Waals surface area (Å²) in [5.74, 6) is 0.0937. The molecule has 0 saturated heterocycles. The first-order valence-electron chi connectivity index (χ1n) is 6.58. The van der Waals surface area contributed by atoms with Crippen LogP contribution in [0.5, 0.6) is 5.75 Å². The topological polar surface area (TPSA) is 41.6 Å². The van der Waals surface area contributed by atoms with E-state index in [9.17, 15) is 13.6 Å². The molecular formula is C14H20F2N2O2. The van der Waals surface area contributed by atoms with Gasteiger partial charge in [0.1, 0.15) is 11.8 Å². The molecular weight excluding hydrogens is 266 g/mol. The molecule has 0 aliphatic carbocycles. The van der Waals surface area contributed by atoms with Crippen LogP contribution in [0, 0.1) is 0 Å². The molecule has 20 heavy (non-hydrogen) atoms. The van der Waals surface area contributed by atoms with E-state index in [4.69, 9.17) is 0 Å². The molecule has 112 valence electrons. The standard InChI is InChI=1S/C14H20F2N2O2/c1-4-18(5-2)13(19)10(3)17-11-6-8-12(9-7-11)20-14(15)16/h6-10,14,17H,4-5H2,1-3H3. The smallest absolute Gasteiger partial charge is 0.387 e. The number of likely N-dealkylation sites (N-methyl/N-ethyl adjacent to an activating group) is 1. The molecule has 0 bridgehead atoms. The Balaban J connectivity index is 2.61. The van der Waals surface area contributed by atoms with Crippen molar-refractivity contribution in [2.24, 2.45) is 0 Å². The van der Waals surface area contributed by atoms with Crippen molar-refractivity contribution in [3.8, 4) is 5.75 Å². The fourth-order valence-electron chi connectivity index (χ4n) is 1.85. The molecule has 6 heteroatoms. The third-order valence-corrected chi connectivity index (χ3v) is 2.91. The minimum atomic E-state index is -2.84. The fourth-order valence-corrected chi connectivity index (χ4v) is 1.85. The maximum atomic E-state index is 12.1. The SMILES string of the molecule is CCN(CC)C(=O)C(C)Nc1ccc(OC(F)F)cc1. The molecule has 1 aromatic rings. The molecule has 0 radical (unpaired) electrons. The fraction of sp³-hybridized carbons (Fsp3) is 0.500. The van der Waals surface area contributed by atoms with Crippen molar-refractivity contribution >= 4 is 11.6 Å². The Labute approximate surface area is 117 Å². The summed E-state index contributed by atoms with van der Waals surface area (Å²) in [4.78, 5) is 13.8. The Bertz CT molecular complexity index is 420. The van der Waals surface area contributed by atoms with Gasteiger partial charge >= 0.3 is 6.61 Å². The quantitative estimate of drug-likeness (QED) is 0.838. The minimum Gasteiger partial charge on any atom is -0.435 e. The van der Waals surface area contributed by atoms with Gasteiger partial charge in [0, 0.05) is 18.8 Å². The Morgan fingerprint density at radius 2 is 1.80 bits per heavy atom. The third-order valence-electron chi connectivity index (χ3n) is 2.91. The van der Waals surface area contributed by atoms with Crippen LogP contribution in [0.4, 0.5) is 14.5 Å². The van der Waals surface area contributed by atoms with Crippen molar-refractivity contribution in [2.45, 2.75) is 33.4 Å². The number of carbonyl (C=O) groups is 1. The van der Waals surface area contributed by atoms with Crippen LogP contribution >= 0.6 is 0 Å².